The third kappa shape index (κ3) is 6.28. The highest BCUT2D eigenvalue weighted by Gasteiger charge is 2.26. The molecule has 0 unspecified atom stereocenters. The highest BCUT2D eigenvalue weighted by molar-refractivity contribution is 5.90. The maximum Gasteiger partial charge on any atom is 0.162 e. The summed E-state index contributed by atoms with van der Waals surface area (Å²) < 4.78 is 0. The molecular weight excluding hydrogens is 488 g/mol. The zero-order valence-electron chi connectivity index (χ0n) is 23.9. The largest absolute Gasteiger partial charge is 0.356 e. The van der Waals surface area contributed by atoms with Crippen LogP contribution in [-0.4, -0.2) is 36.1 Å². The van der Waals surface area contributed by atoms with Gasteiger partial charge in [0.25, 0.3) is 0 Å². The van der Waals surface area contributed by atoms with Gasteiger partial charge < -0.3 is 10.2 Å². The third-order valence-corrected chi connectivity index (χ3v) is 8.91. The minimum Gasteiger partial charge on any atom is -0.356 e. The van der Waals surface area contributed by atoms with Crippen molar-refractivity contribution in [1.82, 2.24) is 15.3 Å². The number of piperidine rings is 2. The summed E-state index contributed by atoms with van der Waals surface area (Å²) in [5, 5.41) is 3.51. The monoisotopic (exact) mass is 530 g/mol. The third-order valence-electron chi connectivity index (χ3n) is 8.91. The van der Waals surface area contributed by atoms with Crippen LogP contribution in [-0.2, 0) is 0 Å². The Hall–Kier alpha value is -3.50. The van der Waals surface area contributed by atoms with E-state index in [2.05, 4.69) is 102 Å². The molecule has 0 aliphatic carbocycles. The molecule has 2 aliphatic heterocycles. The average molecular weight is 531 g/mol. The van der Waals surface area contributed by atoms with E-state index >= 15 is 0 Å². The Labute approximate surface area is 239 Å². The minimum absolute atomic E-state index is 0.801. The topological polar surface area (TPSA) is 41.1 Å². The van der Waals surface area contributed by atoms with E-state index in [1.165, 1.54) is 69.2 Å². The summed E-state index contributed by atoms with van der Waals surface area (Å²) in [6, 6.07) is 30.0. The van der Waals surface area contributed by atoms with Crippen molar-refractivity contribution < 1.29 is 0 Å². The number of aromatic nitrogens is 2. The van der Waals surface area contributed by atoms with Crippen molar-refractivity contribution >= 4 is 5.82 Å². The summed E-state index contributed by atoms with van der Waals surface area (Å²) in [4.78, 5) is 13.1. The number of hydrogen-bond donors (Lipinski definition) is 1. The molecule has 3 aromatic carbocycles. The first-order valence-electron chi connectivity index (χ1n) is 15.3. The van der Waals surface area contributed by atoms with Crippen molar-refractivity contribution in [3.8, 4) is 33.8 Å². The van der Waals surface area contributed by atoms with Crippen molar-refractivity contribution in [3.63, 3.8) is 0 Å². The van der Waals surface area contributed by atoms with Crippen molar-refractivity contribution in [2.24, 2.45) is 11.8 Å². The maximum absolute atomic E-state index is 5.30. The molecule has 0 atom stereocenters. The Morgan fingerprint density at radius 2 is 1.27 bits per heavy atom. The molecule has 206 valence electrons. The van der Waals surface area contributed by atoms with E-state index in [1.807, 2.05) is 0 Å². The van der Waals surface area contributed by atoms with Crippen LogP contribution >= 0.6 is 0 Å². The average Bonchev–Trinajstić information content (AvgIpc) is 3.02. The lowest BCUT2D eigenvalue weighted by molar-refractivity contribution is 0.313. The van der Waals surface area contributed by atoms with Crippen LogP contribution in [0.3, 0.4) is 0 Å². The van der Waals surface area contributed by atoms with Crippen LogP contribution in [0.25, 0.3) is 33.8 Å². The van der Waals surface area contributed by atoms with Gasteiger partial charge in [0.15, 0.2) is 5.82 Å². The van der Waals surface area contributed by atoms with Gasteiger partial charge in [-0.25, -0.2) is 9.97 Å². The zero-order chi connectivity index (χ0) is 27.1. The second kappa shape index (κ2) is 12.8. The Morgan fingerprint density at radius 3 is 1.93 bits per heavy atom. The first-order valence-corrected chi connectivity index (χ1v) is 15.3. The number of anilines is 1. The summed E-state index contributed by atoms with van der Waals surface area (Å²) in [5.41, 5.74) is 6.79. The molecule has 0 radical (unpaired) electrons. The summed E-state index contributed by atoms with van der Waals surface area (Å²) in [6.07, 6.45) is 9.37. The SMILES string of the molecule is Cc1ccc(-c2nc(-c3ccccc3)nc(N3CCC(CCCC4CCNCC4)CC3)c2-c2ccccc2)cc1. The molecule has 2 aliphatic rings. The van der Waals surface area contributed by atoms with Gasteiger partial charge in [-0.2, -0.15) is 0 Å². The van der Waals surface area contributed by atoms with E-state index in [9.17, 15) is 0 Å². The molecule has 0 bridgehead atoms. The van der Waals surface area contributed by atoms with Gasteiger partial charge >= 0.3 is 0 Å². The Morgan fingerprint density at radius 1 is 0.675 bits per heavy atom. The molecule has 0 saturated carbocycles. The molecule has 0 spiro atoms. The predicted molar refractivity (Wildman–Crippen MR) is 167 cm³/mol. The van der Waals surface area contributed by atoms with Crippen molar-refractivity contribution in [2.75, 3.05) is 31.1 Å². The Kier molecular flexibility index (Phi) is 8.53. The number of benzene rings is 3. The van der Waals surface area contributed by atoms with Crippen molar-refractivity contribution in [3.05, 3.63) is 90.5 Å². The van der Waals surface area contributed by atoms with Gasteiger partial charge in [0.2, 0.25) is 0 Å². The molecule has 4 nitrogen and oxygen atoms in total. The van der Waals surface area contributed by atoms with Gasteiger partial charge in [-0.1, -0.05) is 110 Å². The number of aryl methyl sites for hydroxylation is 1. The van der Waals surface area contributed by atoms with Gasteiger partial charge in [0.05, 0.1) is 11.3 Å². The quantitative estimate of drug-likeness (QED) is 0.249. The van der Waals surface area contributed by atoms with Gasteiger partial charge in [-0.05, 0) is 63.1 Å². The molecule has 1 N–H and O–H groups in total. The highest BCUT2D eigenvalue weighted by atomic mass is 15.2. The molecule has 3 heterocycles. The smallest absolute Gasteiger partial charge is 0.162 e. The Balaban J connectivity index is 1.31. The van der Waals surface area contributed by atoms with Gasteiger partial charge in [0, 0.05) is 24.2 Å². The van der Waals surface area contributed by atoms with Crippen LogP contribution < -0.4 is 10.2 Å². The van der Waals surface area contributed by atoms with E-state index in [-0.39, 0.29) is 0 Å². The highest BCUT2D eigenvalue weighted by Crippen LogP contribution is 2.40. The Bertz CT molecular complexity index is 1350. The molecule has 2 saturated heterocycles. The van der Waals surface area contributed by atoms with E-state index in [0.717, 1.165) is 59.0 Å². The minimum atomic E-state index is 0.801. The van der Waals surface area contributed by atoms with Gasteiger partial charge in [0.1, 0.15) is 5.82 Å². The molecule has 6 rings (SSSR count). The summed E-state index contributed by atoms with van der Waals surface area (Å²) >= 11 is 0. The van der Waals surface area contributed by atoms with E-state index < -0.39 is 0 Å². The van der Waals surface area contributed by atoms with Crippen LogP contribution in [0.4, 0.5) is 5.82 Å². The lowest BCUT2D eigenvalue weighted by atomic mass is 9.87. The van der Waals surface area contributed by atoms with E-state index in [4.69, 9.17) is 9.97 Å². The molecule has 4 heteroatoms. The number of nitrogens with one attached hydrogen (secondary N) is 1. The fourth-order valence-electron chi connectivity index (χ4n) is 6.48. The maximum atomic E-state index is 5.30. The molecule has 1 aromatic heterocycles. The summed E-state index contributed by atoms with van der Waals surface area (Å²) in [5.74, 6) is 3.64. The number of rotatable bonds is 8. The fourth-order valence-corrected chi connectivity index (χ4v) is 6.48. The van der Waals surface area contributed by atoms with Gasteiger partial charge in [-0.15, -0.1) is 0 Å². The van der Waals surface area contributed by atoms with E-state index in [0.29, 0.717) is 0 Å². The lowest BCUT2D eigenvalue weighted by Crippen LogP contribution is -2.35. The zero-order valence-corrected chi connectivity index (χ0v) is 23.9. The fraction of sp³-hybridized carbons (Fsp3) is 0.389. The second-order valence-corrected chi connectivity index (χ2v) is 11.7. The van der Waals surface area contributed by atoms with Crippen LogP contribution in [0.5, 0.6) is 0 Å². The van der Waals surface area contributed by atoms with Crippen LogP contribution in [0.15, 0.2) is 84.9 Å². The molecular formula is C36H42N4. The summed E-state index contributed by atoms with van der Waals surface area (Å²) in [6.45, 7) is 6.66. The molecule has 2 fully saturated rings. The predicted octanol–water partition coefficient (Wildman–Crippen LogP) is 8.17. The van der Waals surface area contributed by atoms with Crippen LogP contribution in [0.1, 0.15) is 50.5 Å². The lowest BCUT2D eigenvalue weighted by Gasteiger charge is -2.35. The first kappa shape index (κ1) is 26.7. The van der Waals surface area contributed by atoms with Crippen LogP contribution in [0.2, 0.25) is 0 Å². The number of hydrogen-bond acceptors (Lipinski definition) is 4. The number of nitrogens with zero attached hydrogens (tertiary/aromatic N) is 3. The van der Waals surface area contributed by atoms with Crippen molar-refractivity contribution in [1.29, 1.82) is 0 Å². The molecule has 0 amide bonds. The second-order valence-electron chi connectivity index (χ2n) is 11.7. The normalized spacial score (nSPS) is 16.8. The first-order chi connectivity index (χ1) is 19.7. The molecule has 40 heavy (non-hydrogen) atoms. The molecule has 4 aromatic rings. The van der Waals surface area contributed by atoms with Gasteiger partial charge in [-0.3, -0.25) is 0 Å². The van der Waals surface area contributed by atoms with Crippen molar-refractivity contribution in [2.45, 2.75) is 51.9 Å². The van der Waals surface area contributed by atoms with Crippen LogP contribution in [0, 0.1) is 18.8 Å². The summed E-state index contributed by atoms with van der Waals surface area (Å²) in [7, 11) is 0. The van der Waals surface area contributed by atoms with E-state index in [1.54, 1.807) is 0 Å². The standard InChI is InChI=1S/C36H42N4/c1-27-15-17-31(18-16-27)34-33(30-11-4-2-5-12-30)36(39-35(38-34)32-13-6-3-7-14-32)40-25-21-29(22-26-40)10-8-9-28-19-23-37-24-20-28/h2-7,11-18,28-29,37H,8-10,19-26H2,1H3.